The minimum Gasteiger partial charge on any atom is -0.304 e. The molecule has 1 aliphatic heterocycles. The largest absolute Gasteiger partial charge is 0.304 e. The van der Waals surface area contributed by atoms with E-state index in [0.29, 0.717) is 0 Å². The summed E-state index contributed by atoms with van der Waals surface area (Å²) in [6, 6.07) is 14.9. The highest BCUT2D eigenvalue weighted by Crippen LogP contribution is 2.36. The summed E-state index contributed by atoms with van der Waals surface area (Å²) in [5, 5.41) is 3.73. The molecule has 0 aliphatic carbocycles. The Kier molecular flexibility index (Phi) is 3.11. The van der Waals surface area contributed by atoms with Gasteiger partial charge in [0.1, 0.15) is 0 Å². The van der Waals surface area contributed by atoms with Gasteiger partial charge in [0.15, 0.2) is 0 Å². The van der Waals surface area contributed by atoms with Crippen LogP contribution in [0.25, 0.3) is 0 Å². The van der Waals surface area contributed by atoms with Crippen molar-refractivity contribution in [2.75, 3.05) is 6.54 Å². The molecule has 1 saturated heterocycles. The highest BCUT2D eigenvalue weighted by atomic mass is 15.0. The zero-order chi connectivity index (χ0) is 12.3. The first kappa shape index (κ1) is 11.4. The van der Waals surface area contributed by atoms with Crippen molar-refractivity contribution in [2.45, 2.75) is 24.8 Å². The van der Waals surface area contributed by atoms with Crippen molar-refractivity contribution in [3.63, 3.8) is 0 Å². The topological polar surface area (TPSA) is 24.9 Å². The number of nitrogens with zero attached hydrogens (tertiary/aromatic N) is 1. The van der Waals surface area contributed by atoms with Crippen LogP contribution >= 0.6 is 0 Å². The molecule has 2 aromatic rings. The van der Waals surface area contributed by atoms with Gasteiger partial charge in [-0.25, -0.2) is 0 Å². The van der Waals surface area contributed by atoms with Crippen LogP contribution in [0.1, 0.15) is 30.4 Å². The maximum absolute atomic E-state index is 4.29. The van der Waals surface area contributed by atoms with Gasteiger partial charge < -0.3 is 5.32 Å². The van der Waals surface area contributed by atoms with Crippen molar-refractivity contribution in [3.05, 3.63) is 66.0 Å². The molecule has 1 aliphatic rings. The van der Waals surface area contributed by atoms with Crippen molar-refractivity contribution in [2.24, 2.45) is 0 Å². The summed E-state index contributed by atoms with van der Waals surface area (Å²) in [7, 11) is 0. The first-order chi connectivity index (χ1) is 8.92. The first-order valence-corrected chi connectivity index (χ1v) is 6.63. The lowest BCUT2D eigenvalue weighted by Gasteiger charge is -2.39. The van der Waals surface area contributed by atoms with Crippen LogP contribution < -0.4 is 5.32 Å². The molecule has 1 unspecified atom stereocenters. The minimum atomic E-state index is -0.0478. The van der Waals surface area contributed by atoms with Crippen LogP contribution in [0.5, 0.6) is 0 Å². The van der Waals surface area contributed by atoms with Gasteiger partial charge in [-0.15, -0.1) is 0 Å². The van der Waals surface area contributed by atoms with Gasteiger partial charge in [0.2, 0.25) is 0 Å². The normalized spacial score (nSPS) is 23.8. The lowest BCUT2D eigenvalue weighted by molar-refractivity contribution is 0.309. The van der Waals surface area contributed by atoms with Gasteiger partial charge in [-0.1, -0.05) is 36.4 Å². The second-order valence-electron chi connectivity index (χ2n) is 4.90. The van der Waals surface area contributed by atoms with Crippen LogP contribution in [0.2, 0.25) is 0 Å². The smallest absolute Gasteiger partial charge is 0.0705 e. The Balaban J connectivity index is 2.10. The molecule has 92 valence electrons. The van der Waals surface area contributed by atoms with E-state index in [-0.39, 0.29) is 5.54 Å². The second kappa shape index (κ2) is 4.91. The molecule has 2 heterocycles. The Labute approximate surface area is 108 Å². The summed E-state index contributed by atoms with van der Waals surface area (Å²) in [4.78, 5) is 4.29. The number of nitrogens with one attached hydrogen (secondary N) is 1. The fraction of sp³-hybridized carbons (Fsp3) is 0.312. The number of piperidine rings is 1. The van der Waals surface area contributed by atoms with Gasteiger partial charge in [-0.2, -0.15) is 0 Å². The van der Waals surface area contributed by atoms with Crippen LogP contribution in [-0.2, 0) is 5.54 Å². The zero-order valence-corrected chi connectivity index (χ0v) is 10.5. The van der Waals surface area contributed by atoms with Gasteiger partial charge in [0.05, 0.1) is 5.54 Å². The Morgan fingerprint density at radius 1 is 0.944 bits per heavy atom. The molecule has 0 bridgehead atoms. The number of pyridine rings is 1. The quantitative estimate of drug-likeness (QED) is 0.869. The Hall–Kier alpha value is -1.67. The van der Waals surface area contributed by atoms with Crippen LogP contribution in [-0.4, -0.2) is 11.5 Å². The molecule has 18 heavy (non-hydrogen) atoms. The Morgan fingerprint density at radius 2 is 1.78 bits per heavy atom. The average molecular weight is 238 g/mol. The van der Waals surface area contributed by atoms with E-state index in [1.54, 1.807) is 0 Å². The fourth-order valence-corrected chi connectivity index (χ4v) is 2.90. The van der Waals surface area contributed by atoms with Crippen molar-refractivity contribution >= 4 is 0 Å². The van der Waals surface area contributed by atoms with E-state index in [4.69, 9.17) is 0 Å². The predicted octanol–water partition coefficient (Wildman–Crippen LogP) is 3.10. The summed E-state index contributed by atoms with van der Waals surface area (Å²) in [6.45, 7) is 1.07. The summed E-state index contributed by atoms with van der Waals surface area (Å²) < 4.78 is 0. The molecule has 1 aromatic heterocycles. The van der Waals surface area contributed by atoms with Crippen molar-refractivity contribution < 1.29 is 0 Å². The van der Waals surface area contributed by atoms with E-state index < -0.39 is 0 Å². The monoisotopic (exact) mass is 238 g/mol. The van der Waals surface area contributed by atoms with Crippen molar-refractivity contribution in [1.82, 2.24) is 10.3 Å². The summed E-state index contributed by atoms with van der Waals surface area (Å²) >= 11 is 0. The summed E-state index contributed by atoms with van der Waals surface area (Å²) in [5.41, 5.74) is 2.57. The molecule has 0 amide bonds. The lowest BCUT2D eigenvalue weighted by atomic mass is 9.77. The van der Waals surface area contributed by atoms with Crippen molar-refractivity contribution in [3.8, 4) is 0 Å². The molecular formula is C16H18N2. The standard InChI is InChI=1S/C16H18N2/c1-2-7-14(8-3-1)16(10-4-5-12-18-16)15-9-6-11-17-13-15/h1-3,6-9,11,13,18H,4-5,10,12H2. The molecule has 2 nitrogen and oxygen atoms in total. The molecule has 0 spiro atoms. The van der Waals surface area contributed by atoms with Gasteiger partial charge >= 0.3 is 0 Å². The van der Waals surface area contributed by atoms with Gasteiger partial charge in [0.25, 0.3) is 0 Å². The van der Waals surface area contributed by atoms with Crippen molar-refractivity contribution in [1.29, 1.82) is 0 Å². The molecule has 3 rings (SSSR count). The van der Waals surface area contributed by atoms with Gasteiger partial charge in [-0.05, 0) is 43.0 Å². The lowest BCUT2D eigenvalue weighted by Crippen LogP contribution is -2.46. The third-order valence-electron chi connectivity index (χ3n) is 3.83. The van der Waals surface area contributed by atoms with E-state index in [1.807, 2.05) is 18.5 Å². The zero-order valence-electron chi connectivity index (χ0n) is 10.5. The maximum Gasteiger partial charge on any atom is 0.0705 e. The van der Waals surface area contributed by atoms with Gasteiger partial charge in [0, 0.05) is 12.4 Å². The number of hydrogen-bond acceptors (Lipinski definition) is 2. The SMILES string of the molecule is c1ccc(C2(c3cccnc3)CCCCN2)cc1. The average Bonchev–Trinajstić information content (AvgIpc) is 2.50. The molecule has 1 N–H and O–H groups in total. The molecule has 0 saturated carbocycles. The number of benzene rings is 1. The highest BCUT2D eigenvalue weighted by molar-refractivity contribution is 5.37. The van der Waals surface area contributed by atoms with E-state index in [9.17, 15) is 0 Å². The molecule has 1 fully saturated rings. The minimum absolute atomic E-state index is 0.0478. The summed E-state index contributed by atoms with van der Waals surface area (Å²) in [5.74, 6) is 0. The van der Waals surface area contributed by atoms with E-state index in [0.717, 1.165) is 13.0 Å². The fourth-order valence-electron chi connectivity index (χ4n) is 2.90. The van der Waals surface area contributed by atoms with Crippen LogP contribution in [0.15, 0.2) is 54.9 Å². The Bertz CT molecular complexity index is 446. The van der Waals surface area contributed by atoms with Gasteiger partial charge in [-0.3, -0.25) is 4.98 Å². The maximum atomic E-state index is 4.29. The second-order valence-corrected chi connectivity index (χ2v) is 4.90. The highest BCUT2D eigenvalue weighted by Gasteiger charge is 2.35. The van der Waals surface area contributed by atoms with E-state index in [1.165, 1.54) is 24.0 Å². The van der Waals surface area contributed by atoms with Crippen LogP contribution in [0, 0.1) is 0 Å². The van der Waals surface area contributed by atoms with Crippen LogP contribution in [0.3, 0.4) is 0 Å². The third kappa shape index (κ3) is 1.93. The van der Waals surface area contributed by atoms with E-state index >= 15 is 0 Å². The predicted molar refractivity (Wildman–Crippen MR) is 73.3 cm³/mol. The number of hydrogen-bond donors (Lipinski definition) is 1. The third-order valence-corrected chi connectivity index (χ3v) is 3.83. The molecular weight excluding hydrogens is 220 g/mol. The number of aromatic nitrogens is 1. The molecule has 2 heteroatoms. The Morgan fingerprint density at radius 3 is 2.44 bits per heavy atom. The molecule has 0 radical (unpaired) electrons. The van der Waals surface area contributed by atoms with Crippen LogP contribution in [0.4, 0.5) is 0 Å². The number of rotatable bonds is 2. The molecule has 1 atom stereocenters. The molecule has 1 aromatic carbocycles. The first-order valence-electron chi connectivity index (χ1n) is 6.63. The summed E-state index contributed by atoms with van der Waals surface area (Å²) in [6.07, 6.45) is 7.49. The van der Waals surface area contributed by atoms with E-state index in [2.05, 4.69) is 46.7 Å².